The lowest BCUT2D eigenvalue weighted by molar-refractivity contribution is -0.120. The number of carbonyl (C=O) groups excluding carboxylic acids is 2. The number of nitrogens with one attached hydrogen (secondary N) is 4. The fourth-order valence-corrected chi connectivity index (χ4v) is 8.14. The standard InChI is InChI=1S/C42H39Cl2N7O4/c1-55-41-25(19-45-22-27-9-14-37(52)48-27)8-12-35-33(41)11-13-34(50-35)32-7-3-6-31(40(32)44)30-5-2-4-29(39(30)43)24-16-17-51-36(18-24)47-21-26(42(51)54)20-46-23-28-10-15-38(53)49-28/h2-8,11-13,16-18,21,27-28,45-46H,9-10,14-15,19-20,22-23H2,1H3,(H,48,52)(H,49,53). The van der Waals surface area contributed by atoms with Crippen LogP contribution in [0.25, 0.3) is 50.1 Å². The lowest BCUT2D eigenvalue weighted by atomic mass is 9.97. The normalized spacial score (nSPS) is 16.9. The SMILES string of the molecule is COc1c(CNCC2CCC(=O)N2)ccc2nc(-c3cccc(-c4cccc(-c5ccn6c(=O)c(CNCC7CCC(=O)N7)cnc6c5)c4Cl)c3Cl)ccc12. The van der Waals surface area contributed by atoms with Gasteiger partial charge in [0.2, 0.25) is 11.8 Å². The Labute approximate surface area is 327 Å². The van der Waals surface area contributed by atoms with Gasteiger partial charge < -0.3 is 26.0 Å². The number of nitrogens with zero attached hydrogens (tertiary/aromatic N) is 3. The van der Waals surface area contributed by atoms with Crippen molar-refractivity contribution in [2.45, 2.75) is 50.9 Å². The lowest BCUT2D eigenvalue weighted by Gasteiger charge is -2.16. The van der Waals surface area contributed by atoms with Gasteiger partial charge in [-0.25, -0.2) is 9.97 Å². The fourth-order valence-electron chi connectivity index (χ4n) is 7.48. The van der Waals surface area contributed by atoms with Crippen LogP contribution >= 0.6 is 23.2 Å². The molecule has 3 aromatic carbocycles. The van der Waals surface area contributed by atoms with E-state index >= 15 is 0 Å². The van der Waals surface area contributed by atoms with Crippen molar-refractivity contribution in [3.05, 3.63) is 117 Å². The molecule has 0 spiro atoms. The number of halogens is 2. The Kier molecular flexibility index (Phi) is 10.5. The van der Waals surface area contributed by atoms with Crippen LogP contribution in [0.5, 0.6) is 5.75 Å². The number of amides is 2. The minimum Gasteiger partial charge on any atom is -0.496 e. The predicted molar refractivity (Wildman–Crippen MR) is 215 cm³/mol. The number of fused-ring (bicyclic) bond motifs is 2. The van der Waals surface area contributed by atoms with E-state index in [2.05, 4.69) is 26.3 Å². The van der Waals surface area contributed by atoms with Crippen molar-refractivity contribution in [1.29, 1.82) is 0 Å². The van der Waals surface area contributed by atoms with Crippen LogP contribution in [-0.2, 0) is 22.7 Å². The number of aromatic nitrogens is 3. The molecule has 2 aliphatic rings. The fraction of sp³-hybridized carbons (Fsp3) is 0.262. The summed E-state index contributed by atoms with van der Waals surface area (Å²) in [5.41, 5.74) is 7.22. The van der Waals surface area contributed by atoms with E-state index in [-0.39, 0.29) is 29.5 Å². The highest BCUT2D eigenvalue weighted by Gasteiger charge is 2.22. The first-order valence-electron chi connectivity index (χ1n) is 18.3. The molecule has 0 saturated carbocycles. The molecular weight excluding hydrogens is 737 g/mol. The van der Waals surface area contributed by atoms with Gasteiger partial charge in [-0.15, -0.1) is 0 Å². The summed E-state index contributed by atoms with van der Waals surface area (Å²) in [5, 5.41) is 14.5. The molecule has 2 saturated heterocycles. The molecular formula is C42H39Cl2N7O4. The maximum atomic E-state index is 13.3. The van der Waals surface area contributed by atoms with Gasteiger partial charge >= 0.3 is 0 Å². The van der Waals surface area contributed by atoms with Gasteiger partial charge in [0.25, 0.3) is 5.56 Å². The predicted octanol–water partition coefficient (Wildman–Crippen LogP) is 6.30. The molecule has 55 heavy (non-hydrogen) atoms. The molecule has 13 heteroatoms. The van der Waals surface area contributed by atoms with Crippen LogP contribution in [0.1, 0.15) is 36.8 Å². The van der Waals surface area contributed by atoms with Gasteiger partial charge in [-0.1, -0.05) is 65.7 Å². The monoisotopic (exact) mass is 775 g/mol. The zero-order valence-corrected chi connectivity index (χ0v) is 31.6. The average molecular weight is 777 g/mol. The number of hydrogen-bond donors (Lipinski definition) is 4. The van der Waals surface area contributed by atoms with Gasteiger partial charge in [0.15, 0.2) is 0 Å². The van der Waals surface area contributed by atoms with E-state index in [4.69, 9.17) is 32.9 Å². The smallest absolute Gasteiger partial charge is 0.262 e. The Bertz CT molecular complexity index is 2520. The first kappa shape index (κ1) is 36.6. The minimum absolute atomic E-state index is 0.0610. The number of pyridine rings is 2. The van der Waals surface area contributed by atoms with Gasteiger partial charge in [0.05, 0.1) is 28.4 Å². The van der Waals surface area contributed by atoms with Gasteiger partial charge in [-0.3, -0.25) is 18.8 Å². The summed E-state index contributed by atoms with van der Waals surface area (Å²) in [6.45, 7) is 2.23. The van der Waals surface area contributed by atoms with E-state index in [0.717, 1.165) is 62.9 Å². The lowest BCUT2D eigenvalue weighted by Crippen LogP contribution is -2.36. The van der Waals surface area contributed by atoms with Gasteiger partial charge in [0, 0.05) is 102 Å². The van der Waals surface area contributed by atoms with E-state index in [0.29, 0.717) is 66.0 Å². The summed E-state index contributed by atoms with van der Waals surface area (Å²) in [6, 6.07) is 23.5. The second-order valence-electron chi connectivity index (χ2n) is 14.0. The second-order valence-corrected chi connectivity index (χ2v) is 14.7. The van der Waals surface area contributed by atoms with Crippen LogP contribution in [0.3, 0.4) is 0 Å². The Hall–Kier alpha value is -5.33. The first-order chi connectivity index (χ1) is 26.8. The highest BCUT2D eigenvalue weighted by atomic mass is 35.5. The topological polar surface area (TPSA) is 139 Å². The molecule has 4 N–H and O–H groups in total. The molecule has 2 aliphatic heterocycles. The molecule has 8 rings (SSSR count). The summed E-state index contributed by atoms with van der Waals surface area (Å²) in [7, 11) is 1.66. The van der Waals surface area contributed by atoms with E-state index in [9.17, 15) is 14.4 Å². The Balaban J connectivity index is 1.03. The van der Waals surface area contributed by atoms with Crippen molar-refractivity contribution in [2.24, 2.45) is 0 Å². The van der Waals surface area contributed by atoms with Crippen molar-refractivity contribution in [3.8, 4) is 39.3 Å². The maximum absolute atomic E-state index is 13.3. The molecule has 280 valence electrons. The number of hydrogen-bond acceptors (Lipinski definition) is 8. The van der Waals surface area contributed by atoms with Gasteiger partial charge in [-0.05, 0) is 48.7 Å². The molecule has 2 amide bonds. The van der Waals surface area contributed by atoms with Crippen LogP contribution in [0, 0.1) is 0 Å². The van der Waals surface area contributed by atoms with Crippen molar-refractivity contribution in [1.82, 2.24) is 35.6 Å². The third-order valence-electron chi connectivity index (χ3n) is 10.3. The highest BCUT2D eigenvalue weighted by molar-refractivity contribution is 6.39. The number of carbonyl (C=O) groups is 2. The quantitative estimate of drug-likeness (QED) is 0.114. The van der Waals surface area contributed by atoms with E-state index in [1.807, 2.05) is 72.8 Å². The van der Waals surface area contributed by atoms with E-state index in [1.54, 1.807) is 19.5 Å². The maximum Gasteiger partial charge on any atom is 0.262 e. The summed E-state index contributed by atoms with van der Waals surface area (Å²) in [4.78, 5) is 45.9. The molecule has 5 heterocycles. The Morgan fingerprint density at radius 2 is 1.42 bits per heavy atom. The minimum atomic E-state index is -0.159. The molecule has 2 unspecified atom stereocenters. The molecule has 0 radical (unpaired) electrons. The molecule has 2 atom stereocenters. The van der Waals surface area contributed by atoms with E-state index < -0.39 is 0 Å². The average Bonchev–Trinajstić information content (AvgIpc) is 3.82. The van der Waals surface area contributed by atoms with Crippen LogP contribution < -0.4 is 31.6 Å². The van der Waals surface area contributed by atoms with Crippen molar-refractivity contribution in [3.63, 3.8) is 0 Å². The number of rotatable bonds is 12. The molecule has 2 fully saturated rings. The van der Waals surface area contributed by atoms with Crippen LogP contribution in [0.15, 0.2) is 90.0 Å². The number of ether oxygens (including phenoxy) is 1. The van der Waals surface area contributed by atoms with Crippen LogP contribution in [-0.4, -0.2) is 58.5 Å². The first-order valence-corrected chi connectivity index (χ1v) is 19.1. The van der Waals surface area contributed by atoms with E-state index in [1.165, 1.54) is 4.40 Å². The molecule has 0 aliphatic carbocycles. The highest BCUT2D eigenvalue weighted by Crippen LogP contribution is 2.42. The zero-order chi connectivity index (χ0) is 38.1. The number of methoxy groups -OCH3 is 1. The summed E-state index contributed by atoms with van der Waals surface area (Å²) < 4.78 is 7.38. The third-order valence-corrected chi connectivity index (χ3v) is 11.2. The summed E-state index contributed by atoms with van der Waals surface area (Å²) in [5.74, 6) is 0.915. The van der Waals surface area contributed by atoms with Crippen LogP contribution in [0.4, 0.5) is 0 Å². The van der Waals surface area contributed by atoms with Crippen molar-refractivity contribution in [2.75, 3.05) is 20.2 Å². The van der Waals surface area contributed by atoms with Crippen molar-refractivity contribution < 1.29 is 14.3 Å². The van der Waals surface area contributed by atoms with Crippen molar-refractivity contribution >= 4 is 51.6 Å². The molecule has 11 nitrogen and oxygen atoms in total. The molecule has 0 bridgehead atoms. The van der Waals surface area contributed by atoms with Gasteiger partial charge in [-0.2, -0.15) is 0 Å². The summed E-state index contributed by atoms with van der Waals surface area (Å²) >= 11 is 14.3. The summed E-state index contributed by atoms with van der Waals surface area (Å²) in [6.07, 6.45) is 6.05. The van der Waals surface area contributed by atoms with Crippen LogP contribution in [0.2, 0.25) is 10.0 Å². The molecule has 3 aromatic heterocycles. The Morgan fingerprint density at radius 1 is 0.782 bits per heavy atom. The molecule has 6 aromatic rings. The number of benzene rings is 3. The largest absolute Gasteiger partial charge is 0.496 e. The second kappa shape index (κ2) is 15.8. The Morgan fingerprint density at radius 3 is 2.07 bits per heavy atom. The third kappa shape index (κ3) is 7.53. The zero-order valence-electron chi connectivity index (χ0n) is 30.1. The van der Waals surface area contributed by atoms with Gasteiger partial charge in [0.1, 0.15) is 11.4 Å².